The number of carbonyl (C=O) groups excluding carboxylic acids is 1. The highest BCUT2D eigenvalue weighted by Crippen LogP contribution is 2.10. The van der Waals surface area contributed by atoms with Gasteiger partial charge in [0.25, 0.3) is 0 Å². The number of urea groups is 1. The Morgan fingerprint density at radius 2 is 2.00 bits per heavy atom. The van der Waals surface area contributed by atoms with Crippen LogP contribution in [0.3, 0.4) is 0 Å². The maximum atomic E-state index is 12.0. The van der Waals surface area contributed by atoms with Crippen LogP contribution in [-0.4, -0.2) is 36.0 Å². The van der Waals surface area contributed by atoms with Gasteiger partial charge in [0.2, 0.25) is 0 Å². The second kappa shape index (κ2) is 6.13. The number of nitrogens with two attached hydrogens (primary N) is 1. The molecule has 17 heavy (non-hydrogen) atoms. The summed E-state index contributed by atoms with van der Waals surface area (Å²) in [6.45, 7) is 5.95. The van der Waals surface area contributed by atoms with E-state index in [2.05, 4.69) is 0 Å². The highest BCUT2D eigenvalue weighted by molar-refractivity contribution is 5.74. The molecule has 94 valence electrons. The van der Waals surface area contributed by atoms with Crippen LogP contribution in [0.5, 0.6) is 0 Å². The van der Waals surface area contributed by atoms with E-state index in [1.165, 1.54) is 0 Å². The van der Waals surface area contributed by atoms with Gasteiger partial charge in [-0.2, -0.15) is 0 Å². The molecule has 0 aliphatic carbocycles. The van der Waals surface area contributed by atoms with E-state index in [0.717, 1.165) is 11.3 Å². The second-order valence-electron chi connectivity index (χ2n) is 4.06. The van der Waals surface area contributed by atoms with Gasteiger partial charge in [-0.3, -0.25) is 0 Å². The Hall–Kier alpha value is -1.71. The zero-order chi connectivity index (χ0) is 12.8. The second-order valence-corrected chi connectivity index (χ2v) is 4.06. The predicted molar refractivity (Wildman–Crippen MR) is 70.6 cm³/mol. The number of anilines is 1. The van der Waals surface area contributed by atoms with Gasteiger partial charge in [-0.05, 0) is 31.5 Å². The summed E-state index contributed by atoms with van der Waals surface area (Å²) in [6, 6.07) is 7.70. The van der Waals surface area contributed by atoms with Crippen LogP contribution in [0.1, 0.15) is 19.4 Å². The summed E-state index contributed by atoms with van der Waals surface area (Å²) in [5.41, 5.74) is 7.52. The SMILES string of the molecule is CCN(C)C(=O)N(CC)Cc1cccc(N)c1. The highest BCUT2D eigenvalue weighted by atomic mass is 16.2. The number of nitrogens with zero attached hydrogens (tertiary/aromatic N) is 2. The summed E-state index contributed by atoms with van der Waals surface area (Å²) in [6.07, 6.45) is 0. The summed E-state index contributed by atoms with van der Waals surface area (Å²) in [5.74, 6) is 0. The molecule has 0 aliphatic rings. The Balaban J connectivity index is 2.73. The smallest absolute Gasteiger partial charge is 0.320 e. The minimum absolute atomic E-state index is 0.0532. The first-order valence-corrected chi connectivity index (χ1v) is 5.93. The molecule has 1 aromatic carbocycles. The highest BCUT2D eigenvalue weighted by Gasteiger charge is 2.15. The molecule has 1 aromatic rings. The molecule has 4 heteroatoms. The standard InChI is InChI=1S/C13H21N3O/c1-4-15(3)13(17)16(5-2)10-11-7-6-8-12(14)9-11/h6-9H,4-5,10,14H2,1-3H3. The number of hydrogen-bond acceptors (Lipinski definition) is 2. The van der Waals surface area contributed by atoms with Crippen LogP contribution in [0.15, 0.2) is 24.3 Å². The molecule has 0 spiro atoms. The van der Waals surface area contributed by atoms with Gasteiger partial charge >= 0.3 is 6.03 Å². The van der Waals surface area contributed by atoms with Crippen molar-refractivity contribution in [1.29, 1.82) is 0 Å². The molecule has 1 rings (SSSR count). The molecule has 0 fully saturated rings. The molecule has 2 amide bonds. The Morgan fingerprint density at radius 1 is 1.29 bits per heavy atom. The molecule has 0 bridgehead atoms. The van der Waals surface area contributed by atoms with Crippen molar-refractivity contribution < 1.29 is 4.79 Å². The molecule has 0 aromatic heterocycles. The first-order chi connectivity index (χ1) is 8.08. The quantitative estimate of drug-likeness (QED) is 0.813. The maximum absolute atomic E-state index is 12.0. The lowest BCUT2D eigenvalue weighted by Crippen LogP contribution is -2.40. The van der Waals surface area contributed by atoms with Crippen molar-refractivity contribution in [1.82, 2.24) is 9.80 Å². The number of nitrogen functional groups attached to an aromatic ring is 1. The van der Waals surface area contributed by atoms with Gasteiger partial charge in [0.05, 0.1) is 0 Å². The van der Waals surface area contributed by atoms with E-state index in [1.54, 1.807) is 9.80 Å². The Labute approximate surface area is 103 Å². The van der Waals surface area contributed by atoms with Crippen LogP contribution < -0.4 is 5.73 Å². The molecule has 0 unspecified atom stereocenters. The number of benzene rings is 1. The first-order valence-electron chi connectivity index (χ1n) is 5.93. The van der Waals surface area contributed by atoms with Crippen LogP contribution in [0.2, 0.25) is 0 Å². The fourth-order valence-corrected chi connectivity index (χ4v) is 1.60. The monoisotopic (exact) mass is 235 g/mol. The van der Waals surface area contributed by atoms with Crippen LogP contribution in [0.25, 0.3) is 0 Å². The molecular formula is C13H21N3O. The summed E-state index contributed by atoms with van der Waals surface area (Å²) >= 11 is 0. The number of rotatable bonds is 4. The zero-order valence-electron chi connectivity index (χ0n) is 10.8. The van der Waals surface area contributed by atoms with Crippen LogP contribution >= 0.6 is 0 Å². The van der Waals surface area contributed by atoms with Crippen LogP contribution in [0.4, 0.5) is 10.5 Å². The Morgan fingerprint density at radius 3 is 2.53 bits per heavy atom. The maximum Gasteiger partial charge on any atom is 0.320 e. The van der Waals surface area contributed by atoms with Crippen molar-refractivity contribution in [2.75, 3.05) is 25.9 Å². The minimum Gasteiger partial charge on any atom is -0.399 e. The van der Waals surface area contributed by atoms with Crippen molar-refractivity contribution >= 4 is 11.7 Å². The number of hydrogen-bond donors (Lipinski definition) is 1. The van der Waals surface area contributed by atoms with Crippen molar-refractivity contribution in [3.63, 3.8) is 0 Å². The van der Waals surface area contributed by atoms with E-state index < -0.39 is 0 Å². The molecular weight excluding hydrogens is 214 g/mol. The lowest BCUT2D eigenvalue weighted by Gasteiger charge is -2.26. The molecule has 0 saturated carbocycles. The topological polar surface area (TPSA) is 49.6 Å². The fourth-order valence-electron chi connectivity index (χ4n) is 1.60. The molecule has 4 nitrogen and oxygen atoms in total. The summed E-state index contributed by atoms with van der Waals surface area (Å²) in [7, 11) is 1.81. The van der Waals surface area contributed by atoms with Gasteiger partial charge in [-0.1, -0.05) is 12.1 Å². The van der Waals surface area contributed by atoms with Crippen LogP contribution in [-0.2, 0) is 6.54 Å². The first kappa shape index (κ1) is 13.4. The van der Waals surface area contributed by atoms with Gasteiger partial charge in [0.1, 0.15) is 0 Å². The van der Waals surface area contributed by atoms with Gasteiger partial charge in [0.15, 0.2) is 0 Å². The molecule has 2 N–H and O–H groups in total. The Bertz CT molecular complexity index is 379. The molecule has 0 radical (unpaired) electrons. The van der Waals surface area contributed by atoms with Crippen molar-refractivity contribution in [3.8, 4) is 0 Å². The number of carbonyl (C=O) groups is 1. The van der Waals surface area contributed by atoms with E-state index in [4.69, 9.17) is 5.73 Å². The molecule has 0 saturated heterocycles. The van der Waals surface area contributed by atoms with Gasteiger partial charge < -0.3 is 15.5 Å². The summed E-state index contributed by atoms with van der Waals surface area (Å²) in [4.78, 5) is 15.5. The average Bonchev–Trinajstić information content (AvgIpc) is 2.34. The van der Waals surface area contributed by atoms with E-state index in [1.807, 2.05) is 45.2 Å². The predicted octanol–water partition coefficient (Wildman–Crippen LogP) is 2.16. The third kappa shape index (κ3) is 3.66. The van der Waals surface area contributed by atoms with E-state index >= 15 is 0 Å². The molecule has 0 aliphatic heterocycles. The fraction of sp³-hybridized carbons (Fsp3) is 0.462. The van der Waals surface area contributed by atoms with Gasteiger partial charge in [-0.15, -0.1) is 0 Å². The lowest BCUT2D eigenvalue weighted by molar-refractivity contribution is 0.164. The lowest BCUT2D eigenvalue weighted by atomic mass is 10.2. The third-order valence-corrected chi connectivity index (χ3v) is 2.78. The largest absolute Gasteiger partial charge is 0.399 e. The van der Waals surface area contributed by atoms with Gasteiger partial charge in [-0.25, -0.2) is 4.79 Å². The van der Waals surface area contributed by atoms with E-state index in [9.17, 15) is 4.79 Å². The van der Waals surface area contributed by atoms with Crippen molar-refractivity contribution in [2.45, 2.75) is 20.4 Å². The molecule has 0 atom stereocenters. The average molecular weight is 235 g/mol. The third-order valence-electron chi connectivity index (χ3n) is 2.78. The summed E-state index contributed by atoms with van der Waals surface area (Å²) in [5, 5.41) is 0. The van der Waals surface area contributed by atoms with Crippen LogP contribution in [0, 0.1) is 0 Å². The zero-order valence-corrected chi connectivity index (χ0v) is 10.8. The number of amides is 2. The van der Waals surface area contributed by atoms with E-state index in [0.29, 0.717) is 19.6 Å². The van der Waals surface area contributed by atoms with Crippen molar-refractivity contribution in [2.24, 2.45) is 0 Å². The molecule has 0 heterocycles. The Kier molecular flexibility index (Phi) is 4.82. The van der Waals surface area contributed by atoms with Gasteiger partial charge in [0, 0.05) is 32.4 Å². The normalized spacial score (nSPS) is 10.1. The van der Waals surface area contributed by atoms with Crippen molar-refractivity contribution in [3.05, 3.63) is 29.8 Å². The van der Waals surface area contributed by atoms with E-state index in [-0.39, 0.29) is 6.03 Å². The minimum atomic E-state index is 0.0532. The summed E-state index contributed by atoms with van der Waals surface area (Å²) < 4.78 is 0.